The van der Waals surface area contributed by atoms with Crippen LogP contribution >= 0.6 is 0 Å². The molecule has 0 aliphatic carbocycles. The van der Waals surface area contributed by atoms with Gasteiger partial charge in [-0.1, -0.05) is 119 Å². The Morgan fingerprint density at radius 2 is 0.389 bits per heavy atom. The summed E-state index contributed by atoms with van der Waals surface area (Å²) < 4.78 is 0. The molecule has 0 bridgehead atoms. The smallest absolute Gasteiger partial charge is 0.0536 e. The molecule has 0 amide bonds. The standard InChI is InChI=1S/3C6H14/c3*1-3-5-6-4-2/h3*3-6H2,1-2H3. The summed E-state index contributed by atoms with van der Waals surface area (Å²) in [6, 6.07) is 0. The second-order valence-electron chi connectivity index (χ2n) is 5.12. The van der Waals surface area contributed by atoms with Crippen LogP contribution in [0.3, 0.4) is 0 Å². The van der Waals surface area contributed by atoms with Crippen LogP contribution in [0.4, 0.5) is 0 Å². The molecule has 0 N–H and O–H groups in total. The van der Waals surface area contributed by atoms with Crippen LogP contribution < -0.4 is 0 Å². The van der Waals surface area contributed by atoms with E-state index >= 15 is 0 Å². The van der Waals surface area contributed by atoms with Gasteiger partial charge in [0.2, 0.25) is 0 Å². The first kappa shape index (κ1) is 23.1. The summed E-state index contributed by atoms with van der Waals surface area (Å²) in [6.07, 6.45) is 16.6. The Labute approximate surface area is 119 Å². The molecule has 0 spiro atoms. The van der Waals surface area contributed by atoms with Gasteiger partial charge in [0.25, 0.3) is 0 Å². The van der Waals surface area contributed by atoms with Crippen LogP contribution in [0, 0.1) is 0 Å². The molecule has 0 aliphatic rings. The third-order valence-electron chi connectivity index (χ3n) is 2.87. The Morgan fingerprint density at radius 1 is 0.278 bits per heavy atom. The number of rotatable bonds is 9. The molecule has 0 unspecified atom stereocenters. The summed E-state index contributed by atoms with van der Waals surface area (Å²) in [5, 5.41) is 0. The van der Waals surface area contributed by atoms with Gasteiger partial charge in [0, 0.05) is 0 Å². The summed E-state index contributed by atoms with van der Waals surface area (Å²) in [6.45, 7) is 13.4. The van der Waals surface area contributed by atoms with E-state index in [1.807, 2.05) is 0 Å². The molecule has 0 fully saturated rings. The van der Waals surface area contributed by atoms with Crippen molar-refractivity contribution in [3.05, 3.63) is 0 Å². The monoisotopic (exact) mass is 258 g/mol. The van der Waals surface area contributed by atoms with Crippen LogP contribution in [0.15, 0.2) is 0 Å². The zero-order chi connectivity index (χ0) is 14.5. The van der Waals surface area contributed by atoms with E-state index in [9.17, 15) is 0 Å². The summed E-state index contributed by atoms with van der Waals surface area (Å²) >= 11 is 0. The minimum Gasteiger partial charge on any atom is -0.0654 e. The van der Waals surface area contributed by atoms with Gasteiger partial charge in [0.15, 0.2) is 0 Å². The lowest BCUT2D eigenvalue weighted by molar-refractivity contribution is 0.702. The highest BCUT2D eigenvalue weighted by molar-refractivity contribution is 4.32. The summed E-state index contributed by atoms with van der Waals surface area (Å²) in [7, 11) is 0. The van der Waals surface area contributed by atoms with Crippen molar-refractivity contribution in [2.24, 2.45) is 0 Å². The molecule has 0 saturated heterocycles. The van der Waals surface area contributed by atoms with E-state index in [0.29, 0.717) is 0 Å². The highest BCUT2D eigenvalue weighted by Crippen LogP contribution is 1.96. The van der Waals surface area contributed by atoms with E-state index in [-0.39, 0.29) is 0 Å². The fourth-order valence-corrected chi connectivity index (χ4v) is 1.50. The zero-order valence-corrected chi connectivity index (χ0v) is 14.5. The zero-order valence-electron chi connectivity index (χ0n) is 14.5. The molecule has 0 heteroatoms. The molecule has 114 valence electrons. The molecule has 0 aromatic carbocycles. The van der Waals surface area contributed by atoms with Gasteiger partial charge >= 0.3 is 0 Å². The van der Waals surface area contributed by atoms with Crippen molar-refractivity contribution in [2.75, 3.05) is 0 Å². The van der Waals surface area contributed by atoms with Gasteiger partial charge in [-0.15, -0.1) is 0 Å². The third-order valence-corrected chi connectivity index (χ3v) is 2.87. The first-order valence-electron chi connectivity index (χ1n) is 8.74. The molecular formula is C18H42. The van der Waals surface area contributed by atoms with Gasteiger partial charge in [0.1, 0.15) is 0 Å². The Balaban J connectivity index is -0.000000187. The average Bonchev–Trinajstić information content (AvgIpc) is 2.42. The van der Waals surface area contributed by atoms with Crippen LogP contribution in [0.2, 0.25) is 0 Å². The maximum atomic E-state index is 2.23. The van der Waals surface area contributed by atoms with Crippen molar-refractivity contribution in [1.29, 1.82) is 0 Å². The lowest BCUT2D eigenvalue weighted by Crippen LogP contribution is -1.66. The second-order valence-corrected chi connectivity index (χ2v) is 5.12. The van der Waals surface area contributed by atoms with Crippen molar-refractivity contribution in [2.45, 2.75) is 119 Å². The van der Waals surface area contributed by atoms with Gasteiger partial charge in [-0.2, -0.15) is 0 Å². The maximum absolute atomic E-state index is 2.23. The number of unbranched alkanes of at least 4 members (excludes halogenated alkanes) is 9. The molecule has 0 saturated carbocycles. The topological polar surface area (TPSA) is 0 Å². The van der Waals surface area contributed by atoms with Crippen molar-refractivity contribution in [1.82, 2.24) is 0 Å². The second kappa shape index (κ2) is 30.2. The highest BCUT2D eigenvalue weighted by atomic mass is 13.8. The highest BCUT2D eigenvalue weighted by Gasteiger charge is 1.76. The molecule has 0 aliphatic heterocycles. The minimum absolute atomic E-state index is 1.36. The average molecular weight is 259 g/mol. The molecule has 0 atom stereocenters. The Kier molecular flexibility index (Phi) is 38.8. The molecule has 0 aromatic heterocycles. The minimum atomic E-state index is 1.36. The molecule has 0 heterocycles. The Morgan fingerprint density at radius 3 is 0.444 bits per heavy atom. The van der Waals surface area contributed by atoms with Crippen LogP contribution in [-0.2, 0) is 0 Å². The molecule has 0 aromatic rings. The molecule has 0 rings (SSSR count). The van der Waals surface area contributed by atoms with E-state index < -0.39 is 0 Å². The van der Waals surface area contributed by atoms with Crippen LogP contribution in [0.5, 0.6) is 0 Å². The predicted octanol–water partition coefficient (Wildman–Crippen LogP) is 7.76. The summed E-state index contributed by atoms with van der Waals surface area (Å²) in [5.41, 5.74) is 0. The normalized spacial score (nSPS) is 9.00. The first-order valence-corrected chi connectivity index (χ1v) is 8.74. The van der Waals surface area contributed by atoms with Crippen molar-refractivity contribution in [3.8, 4) is 0 Å². The lowest BCUT2D eigenvalue weighted by Gasteiger charge is -1.86. The number of hydrogen-bond acceptors (Lipinski definition) is 0. The van der Waals surface area contributed by atoms with E-state index in [2.05, 4.69) is 41.5 Å². The van der Waals surface area contributed by atoms with Gasteiger partial charge < -0.3 is 0 Å². The largest absolute Gasteiger partial charge is 0.0654 e. The molecule has 0 radical (unpaired) electrons. The summed E-state index contributed by atoms with van der Waals surface area (Å²) in [5.74, 6) is 0. The lowest BCUT2D eigenvalue weighted by atomic mass is 10.2. The quantitative estimate of drug-likeness (QED) is 0.371. The van der Waals surface area contributed by atoms with Gasteiger partial charge in [-0.3, -0.25) is 0 Å². The fourth-order valence-electron chi connectivity index (χ4n) is 1.50. The van der Waals surface area contributed by atoms with E-state index in [0.717, 1.165) is 0 Å². The molecule has 0 nitrogen and oxygen atoms in total. The SMILES string of the molecule is CCCCCC.CCCCCC.CCCCCC. The number of hydrogen-bond donors (Lipinski definition) is 0. The van der Waals surface area contributed by atoms with Gasteiger partial charge in [-0.25, -0.2) is 0 Å². The van der Waals surface area contributed by atoms with Crippen molar-refractivity contribution in [3.63, 3.8) is 0 Å². The van der Waals surface area contributed by atoms with E-state index in [1.54, 1.807) is 0 Å². The Bertz CT molecular complexity index is 55.0. The van der Waals surface area contributed by atoms with Crippen LogP contribution in [0.25, 0.3) is 0 Å². The first-order chi connectivity index (χ1) is 8.74. The fraction of sp³-hybridized carbons (Fsp3) is 1.00. The van der Waals surface area contributed by atoms with Crippen LogP contribution in [-0.4, -0.2) is 0 Å². The predicted molar refractivity (Wildman–Crippen MR) is 89.4 cm³/mol. The van der Waals surface area contributed by atoms with Gasteiger partial charge in [-0.05, 0) is 0 Å². The van der Waals surface area contributed by atoms with E-state index in [4.69, 9.17) is 0 Å². The third kappa shape index (κ3) is 44.4. The maximum Gasteiger partial charge on any atom is -0.0536 e. The Hall–Kier alpha value is 0. The van der Waals surface area contributed by atoms with Crippen LogP contribution in [0.1, 0.15) is 119 Å². The van der Waals surface area contributed by atoms with Crippen molar-refractivity contribution < 1.29 is 0 Å². The molecule has 18 heavy (non-hydrogen) atoms. The van der Waals surface area contributed by atoms with Crippen molar-refractivity contribution >= 4 is 0 Å². The molecular weight excluding hydrogens is 216 g/mol. The van der Waals surface area contributed by atoms with Gasteiger partial charge in [0.05, 0.1) is 0 Å². The summed E-state index contributed by atoms with van der Waals surface area (Å²) in [4.78, 5) is 0. The van der Waals surface area contributed by atoms with E-state index in [1.165, 1.54) is 77.0 Å².